The number of unbranched alkanes of at least 4 members (excludes halogenated alkanes) is 4. The van der Waals surface area contributed by atoms with Gasteiger partial charge in [-0.3, -0.25) is 9.59 Å². The summed E-state index contributed by atoms with van der Waals surface area (Å²) in [7, 11) is 0. The molecule has 2 N–H and O–H groups in total. The summed E-state index contributed by atoms with van der Waals surface area (Å²) in [6.07, 6.45) is 7.21. The van der Waals surface area contributed by atoms with Gasteiger partial charge in [-0.1, -0.05) is 56.5 Å². The Labute approximate surface area is 154 Å². The molecule has 2 aromatic rings. The minimum absolute atomic E-state index is 0.259. The zero-order valence-electron chi connectivity index (χ0n) is 15.1. The van der Waals surface area contributed by atoms with E-state index in [4.69, 9.17) is 0 Å². The summed E-state index contributed by atoms with van der Waals surface area (Å²) < 4.78 is 0. The number of hydrogen-bond donors (Lipinski definition) is 2. The van der Waals surface area contributed by atoms with E-state index in [9.17, 15) is 9.59 Å². The van der Waals surface area contributed by atoms with Crippen LogP contribution in [0.25, 0.3) is 0 Å². The summed E-state index contributed by atoms with van der Waals surface area (Å²) in [5.74, 6) is -0.607. The fourth-order valence-electron chi connectivity index (χ4n) is 2.47. The number of carbonyl (C=O) groups excluding carboxylic acids is 2. The van der Waals surface area contributed by atoms with Gasteiger partial charge >= 0.3 is 0 Å². The van der Waals surface area contributed by atoms with Crippen LogP contribution in [-0.4, -0.2) is 18.0 Å². The molecule has 0 aromatic heterocycles. The van der Waals surface area contributed by atoms with Crippen LogP contribution >= 0.6 is 0 Å². The van der Waals surface area contributed by atoms with Gasteiger partial charge in [0.15, 0.2) is 0 Å². The molecule has 0 bridgehead atoms. The van der Waals surface area contributed by atoms with E-state index in [1.807, 2.05) is 6.07 Å². The summed E-state index contributed by atoms with van der Waals surface area (Å²) >= 11 is 0. The van der Waals surface area contributed by atoms with E-state index in [-0.39, 0.29) is 11.8 Å². The predicted octanol–water partition coefficient (Wildman–Crippen LogP) is 4.62. The first-order valence-corrected chi connectivity index (χ1v) is 8.99. The van der Waals surface area contributed by atoms with E-state index in [1.54, 1.807) is 54.7 Å². The van der Waals surface area contributed by atoms with Crippen molar-refractivity contribution in [2.24, 2.45) is 5.10 Å². The molecule has 5 heteroatoms. The highest BCUT2D eigenvalue weighted by Crippen LogP contribution is 2.16. The molecular weight excluding hydrogens is 326 g/mol. The Morgan fingerprint density at radius 3 is 2.42 bits per heavy atom. The van der Waals surface area contributed by atoms with Crippen molar-refractivity contribution in [3.05, 3.63) is 65.7 Å². The summed E-state index contributed by atoms with van der Waals surface area (Å²) in [4.78, 5) is 24.6. The molecule has 0 fully saturated rings. The van der Waals surface area contributed by atoms with Crippen molar-refractivity contribution >= 4 is 23.7 Å². The van der Waals surface area contributed by atoms with Crippen LogP contribution in [0.1, 0.15) is 59.7 Å². The van der Waals surface area contributed by atoms with Crippen LogP contribution in [0, 0.1) is 0 Å². The number of carbonyl (C=O) groups is 2. The summed E-state index contributed by atoms with van der Waals surface area (Å²) in [5, 5.41) is 6.77. The van der Waals surface area contributed by atoms with Crippen LogP contribution in [0.2, 0.25) is 0 Å². The third kappa shape index (κ3) is 6.16. The highest BCUT2D eigenvalue weighted by Gasteiger charge is 2.13. The fourth-order valence-corrected chi connectivity index (χ4v) is 2.47. The molecule has 2 amide bonds. The Balaban J connectivity index is 1.94. The molecule has 0 radical (unpaired) electrons. The summed E-state index contributed by atoms with van der Waals surface area (Å²) in [5.41, 5.74) is 3.89. The zero-order valence-corrected chi connectivity index (χ0v) is 15.1. The maximum Gasteiger partial charge on any atom is 0.273 e. The number of nitrogens with zero attached hydrogens (tertiary/aromatic N) is 1. The SMILES string of the molecule is CCCCCC/C=N/NC(=O)c1ccccc1NC(=O)c1ccccc1. The Morgan fingerprint density at radius 2 is 1.65 bits per heavy atom. The maximum atomic E-state index is 12.3. The van der Waals surface area contributed by atoms with E-state index in [1.165, 1.54) is 19.3 Å². The molecule has 0 aliphatic rings. The number of rotatable bonds is 9. The fraction of sp³-hybridized carbons (Fsp3) is 0.286. The molecule has 0 saturated heterocycles. The van der Waals surface area contributed by atoms with Gasteiger partial charge in [-0.2, -0.15) is 5.10 Å². The Morgan fingerprint density at radius 1 is 0.923 bits per heavy atom. The second-order valence-corrected chi connectivity index (χ2v) is 5.97. The standard InChI is InChI=1S/C21H25N3O2/c1-2-3-4-5-11-16-22-24-21(26)18-14-9-10-15-19(18)23-20(25)17-12-7-6-8-13-17/h6-10,12-16H,2-5,11H2,1H3,(H,23,25)(H,24,26)/b22-16+. The van der Waals surface area contributed by atoms with Crippen LogP contribution in [0.3, 0.4) is 0 Å². The van der Waals surface area contributed by atoms with E-state index in [0.29, 0.717) is 16.8 Å². The number of amides is 2. The highest BCUT2D eigenvalue weighted by atomic mass is 16.2. The minimum Gasteiger partial charge on any atom is -0.321 e. The maximum absolute atomic E-state index is 12.3. The largest absolute Gasteiger partial charge is 0.321 e. The van der Waals surface area contributed by atoms with Gasteiger partial charge in [0.05, 0.1) is 11.3 Å². The zero-order chi connectivity index (χ0) is 18.6. The molecule has 2 rings (SSSR count). The van der Waals surface area contributed by atoms with Crippen LogP contribution < -0.4 is 10.7 Å². The second kappa shape index (κ2) is 10.8. The number of nitrogens with one attached hydrogen (secondary N) is 2. The topological polar surface area (TPSA) is 70.6 Å². The quantitative estimate of drug-likeness (QED) is 0.393. The smallest absolute Gasteiger partial charge is 0.273 e. The molecule has 2 aromatic carbocycles. The molecule has 26 heavy (non-hydrogen) atoms. The van der Waals surface area contributed by atoms with Gasteiger partial charge in [0.25, 0.3) is 11.8 Å². The number of para-hydroxylation sites is 1. The number of anilines is 1. The molecule has 0 aliphatic carbocycles. The molecule has 0 aliphatic heterocycles. The molecule has 0 unspecified atom stereocenters. The Hall–Kier alpha value is -2.95. The van der Waals surface area contributed by atoms with Crippen LogP contribution in [0.15, 0.2) is 59.7 Å². The van der Waals surface area contributed by atoms with Gasteiger partial charge < -0.3 is 5.32 Å². The Bertz CT molecular complexity index is 742. The van der Waals surface area contributed by atoms with Crippen molar-refractivity contribution in [1.29, 1.82) is 0 Å². The van der Waals surface area contributed by atoms with Crippen molar-refractivity contribution in [3.63, 3.8) is 0 Å². The van der Waals surface area contributed by atoms with Crippen molar-refractivity contribution in [2.75, 3.05) is 5.32 Å². The van der Waals surface area contributed by atoms with E-state index in [2.05, 4.69) is 22.8 Å². The average Bonchev–Trinajstić information content (AvgIpc) is 2.68. The third-order valence-corrected chi connectivity index (χ3v) is 3.90. The minimum atomic E-state index is -0.348. The van der Waals surface area contributed by atoms with E-state index < -0.39 is 0 Å². The number of hydrogen-bond acceptors (Lipinski definition) is 3. The highest BCUT2D eigenvalue weighted by molar-refractivity contribution is 6.08. The molecule has 0 heterocycles. The van der Waals surface area contributed by atoms with Crippen molar-refractivity contribution in [1.82, 2.24) is 5.43 Å². The van der Waals surface area contributed by atoms with Crippen molar-refractivity contribution in [2.45, 2.75) is 39.0 Å². The molecule has 0 atom stereocenters. The van der Waals surface area contributed by atoms with Crippen LogP contribution in [0.4, 0.5) is 5.69 Å². The lowest BCUT2D eigenvalue weighted by atomic mass is 10.1. The predicted molar refractivity (Wildman–Crippen MR) is 106 cm³/mol. The first-order chi connectivity index (χ1) is 12.7. The van der Waals surface area contributed by atoms with Gasteiger partial charge in [0.2, 0.25) is 0 Å². The lowest BCUT2D eigenvalue weighted by molar-refractivity contribution is 0.0956. The van der Waals surface area contributed by atoms with Gasteiger partial charge in [-0.05, 0) is 37.1 Å². The van der Waals surface area contributed by atoms with Crippen molar-refractivity contribution < 1.29 is 9.59 Å². The van der Waals surface area contributed by atoms with E-state index >= 15 is 0 Å². The van der Waals surface area contributed by atoms with E-state index in [0.717, 1.165) is 12.8 Å². The number of hydrazone groups is 1. The molecular formula is C21H25N3O2. The monoisotopic (exact) mass is 351 g/mol. The molecule has 0 spiro atoms. The second-order valence-electron chi connectivity index (χ2n) is 5.97. The Kier molecular flexibility index (Phi) is 8.06. The van der Waals surface area contributed by atoms with Gasteiger partial charge in [0.1, 0.15) is 0 Å². The molecule has 0 saturated carbocycles. The number of benzene rings is 2. The first-order valence-electron chi connectivity index (χ1n) is 8.99. The lowest BCUT2D eigenvalue weighted by Gasteiger charge is -2.10. The summed E-state index contributed by atoms with van der Waals surface area (Å²) in [6.45, 7) is 2.17. The third-order valence-electron chi connectivity index (χ3n) is 3.90. The van der Waals surface area contributed by atoms with Gasteiger partial charge in [0, 0.05) is 11.8 Å². The average molecular weight is 351 g/mol. The molecule has 5 nitrogen and oxygen atoms in total. The first kappa shape index (κ1) is 19.4. The lowest BCUT2D eigenvalue weighted by Crippen LogP contribution is -2.21. The normalized spacial score (nSPS) is 10.7. The van der Waals surface area contributed by atoms with Gasteiger partial charge in [-0.25, -0.2) is 5.43 Å². The van der Waals surface area contributed by atoms with Crippen LogP contribution in [0.5, 0.6) is 0 Å². The van der Waals surface area contributed by atoms with Crippen molar-refractivity contribution in [3.8, 4) is 0 Å². The summed E-state index contributed by atoms with van der Waals surface area (Å²) in [6, 6.07) is 15.8. The van der Waals surface area contributed by atoms with Crippen LogP contribution in [-0.2, 0) is 0 Å². The molecule has 136 valence electrons. The van der Waals surface area contributed by atoms with Gasteiger partial charge in [-0.15, -0.1) is 0 Å².